The highest BCUT2D eigenvalue weighted by molar-refractivity contribution is 5.76. The Labute approximate surface area is 180 Å². The van der Waals surface area contributed by atoms with Crippen LogP contribution in [0.2, 0.25) is 0 Å². The molecule has 1 atom stereocenters. The second kappa shape index (κ2) is 10.6. The van der Waals surface area contributed by atoms with Crippen LogP contribution < -0.4 is 4.74 Å². The number of likely N-dealkylation sites (tertiary alicyclic amines) is 1. The monoisotopic (exact) mass is 407 g/mol. The van der Waals surface area contributed by atoms with Crippen LogP contribution in [0.3, 0.4) is 0 Å². The number of rotatable bonds is 7. The summed E-state index contributed by atoms with van der Waals surface area (Å²) in [6, 6.07) is 21.1. The Kier molecular flexibility index (Phi) is 7.38. The summed E-state index contributed by atoms with van der Waals surface area (Å²) < 4.78 is 5.79. The Hall–Kier alpha value is -2.37. The molecule has 0 spiro atoms. The Bertz CT molecular complexity index is 775. The number of piperazine rings is 1. The van der Waals surface area contributed by atoms with E-state index in [0.717, 1.165) is 57.9 Å². The molecule has 0 N–H and O–H groups in total. The highest BCUT2D eigenvalue weighted by atomic mass is 16.5. The van der Waals surface area contributed by atoms with E-state index in [4.69, 9.17) is 4.74 Å². The highest BCUT2D eigenvalue weighted by Crippen LogP contribution is 2.20. The molecule has 5 heteroatoms. The van der Waals surface area contributed by atoms with Crippen molar-refractivity contribution in [1.29, 1.82) is 0 Å². The molecule has 160 valence electrons. The first kappa shape index (κ1) is 20.9. The van der Waals surface area contributed by atoms with E-state index in [-0.39, 0.29) is 5.91 Å². The number of ether oxygens (including phenoxy) is 1. The van der Waals surface area contributed by atoms with Crippen LogP contribution >= 0.6 is 0 Å². The summed E-state index contributed by atoms with van der Waals surface area (Å²) >= 11 is 0. The Morgan fingerprint density at radius 3 is 2.27 bits per heavy atom. The van der Waals surface area contributed by atoms with Gasteiger partial charge >= 0.3 is 0 Å². The van der Waals surface area contributed by atoms with Gasteiger partial charge in [-0.25, -0.2) is 0 Å². The van der Waals surface area contributed by atoms with Gasteiger partial charge < -0.3 is 9.64 Å². The lowest BCUT2D eigenvalue weighted by Gasteiger charge is -2.39. The summed E-state index contributed by atoms with van der Waals surface area (Å²) in [5.74, 6) is 1.14. The van der Waals surface area contributed by atoms with Crippen molar-refractivity contribution in [3.8, 4) is 5.75 Å². The third-order valence-electron chi connectivity index (χ3n) is 6.32. The molecule has 30 heavy (non-hydrogen) atoms. The van der Waals surface area contributed by atoms with Gasteiger partial charge in [0.25, 0.3) is 0 Å². The molecule has 0 saturated carbocycles. The summed E-state index contributed by atoms with van der Waals surface area (Å²) in [4.78, 5) is 19.7. The van der Waals surface area contributed by atoms with Crippen LogP contribution in [0.25, 0.3) is 0 Å². The number of hydrogen-bond donors (Lipinski definition) is 0. The molecule has 1 amide bonds. The van der Waals surface area contributed by atoms with Crippen molar-refractivity contribution < 1.29 is 9.53 Å². The molecule has 0 aromatic heterocycles. The zero-order valence-corrected chi connectivity index (χ0v) is 17.8. The highest BCUT2D eigenvalue weighted by Gasteiger charge is 2.28. The predicted octanol–water partition coefficient (Wildman–Crippen LogP) is 3.26. The number of amides is 1. The standard InChI is InChI=1S/C25H33N3O2/c29-25-12-11-23(13-14-28(25)19-20-30-24-9-5-2-6-10-24)27-17-15-26(16-18-27)21-22-7-3-1-4-8-22/h1-10,23H,11-21H2. The van der Waals surface area contributed by atoms with Crippen molar-refractivity contribution in [2.45, 2.75) is 31.8 Å². The number of carbonyl (C=O) groups is 1. The third-order valence-corrected chi connectivity index (χ3v) is 6.32. The van der Waals surface area contributed by atoms with Crippen molar-refractivity contribution in [2.24, 2.45) is 0 Å². The molecular formula is C25H33N3O2. The SMILES string of the molecule is O=C1CCC(N2CCN(Cc3ccccc3)CC2)CCN1CCOc1ccccc1. The minimum absolute atomic E-state index is 0.275. The molecule has 0 radical (unpaired) electrons. The molecule has 2 heterocycles. The van der Waals surface area contributed by atoms with Gasteiger partial charge in [0.15, 0.2) is 0 Å². The molecule has 2 saturated heterocycles. The molecule has 1 unspecified atom stereocenters. The second-order valence-electron chi connectivity index (χ2n) is 8.32. The van der Waals surface area contributed by atoms with Crippen LogP contribution in [0, 0.1) is 0 Å². The fourth-order valence-corrected chi connectivity index (χ4v) is 4.54. The molecule has 5 nitrogen and oxygen atoms in total. The van der Waals surface area contributed by atoms with Crippen LogP contribution in [0.1, 0.15) is 24.8 Å². The first-order chi connectivity index (χ1) is 14.8. The van der Waals surface area contributed by atoms with Crippen LogP contribution in [-0.2, 0) is 11.3 Å². The summed E-state index contributed by atoms with van der Waals surface area (Å²) in [5.41, 5.74) is 1.39. The maximum Gasteiger partial charge on any atom is 0.222 e. The zero-order chi connectivity index (χ0) is 20.6. The lowest BCUT2D eigenvalue weighted by atomic mass is 10.1. The van der Waals surface area contributed by atoms with Gasteiger partial charge in [0.2, 0.25) is 5.91 Å². The average molecular weight is 408 g/mol. The fraction of sp³-hybridized carbons (Fsp3) is 0.480. The van der Waals surface area contributed by atoms with Gasteiger partial charge in [0.1, 0.15) is 12.4 Å². The Balaban J connectivity index is 1.20. The molecule has 2 aromatic rings. The van der Waals surface area contributed by atoms with Gasteiger partial charge in [0, 0.05) is 51.7 Å². The van der Waals surface area contributed by atoms with Crippen LogP contribution in [0.15, 0.2) is 60.7 Å². The molecular weight excluding hydrogens is 374 g/mol. The quantitative estimate of drug-likeness (QED) is 0.706. The normalized spacial score (nSPS) is 21.4. The molecule has 2 aliphatic heterocycles. The average Bonchev–Trinajstić information content (AvgIpc) is 2.98. The number of hydrogen-bond acceptors (Lipinski definition) is 4. The van der Waals surface area contributed by atoms with Gasteiger partial charge in [-0.1, -0.05) is 48.5 Å². The van der Waals surface area contributed by atoms with Gasteiger partial charge in [-0.15, -0.1) is 0 Å². The van der Waals surface area contributed by atoms with Crippen molar-refractivity contribution in [3.05, 3.63) is 66.2 Å². The van der Waals surface area contributed by atoms with E-state index in [0.29, 0.717) is 25.6 Å². The molecule has 4 rings (SSSR count). The summed E-state index contributed by atoms with van der Waals surface area (Å²) in [6.07, 6.45) is 2.70. The van der Waals surface area contributed by atoms with Crippen molar-refractivity contribution in [1.82, 2.24) is 14.7 Å². The van der Waals surface area contributed by atoms with E-state index in [2.05, 4.69) is 40.1 Å². The number of para-hydroxylation sites is 1. The van der Waals surface area contributed by atoms with E-state index < -0.39 is 0 Å². The van der Waals surface area contributed by atoms with Crippen molar-refractivity contribution in [3.63, 3.8) is 0 Å². The van der Waals surface area contributed by atoms with E-state index in [9.17, 15) is 4.79 Å². The van der Waals surface area contributed by atoms with Crippen LogP contribution in [0.4, 0.5) is 0 Å². The van der Waals surface area contributed by atoms with Gasteiger partial charge in [-0.3, -0.25) is 14.6 Å². The zero-order valence-electron chi connectivity index (χ0n) is 17.8. The summed E-state index contributed by atoms with van der Waals surface area (Å²) in [7, 11) is 0. The number of carbonyl (C=O) groups excluding carboxylic acids is 1. The fourth-order valence-electron chi connectivity index (χ4n) is 4.54. The predicted molar refractivity (Wildman–Crippen MR) is 119 cm³/mol. The first-order valence-corrected chi connectivity index (χ1v) is 11.2. The van der Waals surface area contributed by atoms with E-state index >= 15 is 0 Å². The van der Waals surface area contributed by atoms with E-state index in [1.807, 2.05) is 35.2 Å². The summed E-state index contributed by atoms with van der Waals surface area (Å²) in [5, 5.41) is 0. The smallest absolute Gasteiger partial charge is 0.222 e. The van der Waals surface area contributed by atoms with Gasteiger partial charge in [0.05, 0.1) is 6.54 Å². The Morgan fingerprint density at radius 2 is 1.53 bits per heavy atom. The lowest BCUT2D eigenvalue weighted by Crippen LogP contribution is -2.50. The summed E-state index contributed by atoms with van der Waals surface area (Å²) in [6.45, 7) is 7.51. The second-order valence-corrected chi connectivity index (χ2v) is 8.32. The first-order valence-electron chi connectivity index (χ1n) is 11.2. The molecule has 2 aliphatic rings. The van der Waals surface area contributed by atoms with E-state index in [1.54, 1.807) is 0 Å². The topological polar surface area (TPSA) is 36.0 Å². The lowest BCUT2D eigenvalue weighted by molar-refractivity contribution is -0.131. The van der Waals surface area contributed by atoms with Gasteiger partial charge in [-0.2, -0.15) is 0 Å². The third kappa shape index (κ3) is 5.83. The van der Waals surface area contributed by atoms with E-state index in [1.165, 1.54) is 5.56 Å². The maximum absolute atomic E-state index is 12.6. The Morgan fingerprint density at radius 1 is 0.833 bits per heavy atom. The minimum atomic E-state index is 0.275. The largest absolute Gasteiger partial charge is 0.492 e. The maximum atomic E-state index is 12.6. The molecule has 0 bridgehead atoms. The van der Waals surface area contributed by atoms with Gasteiger partial charge in [-0.05, 0) is 30.5 Å². The molecule has 0 aliphatic carbocycles. The van der Waals surface area contributed by atoms with Crippen LogP contribution in [0.5, 0.6) is 5.75 Å². The van der Waals surface area contributed by atoms with Crippen molar-refractivity contribution >= 4 is 5.91 Å². The number of nitrogens with zero attached hydrogens (tertiary/aromatic N) is 3. The minimum Gasteiger partial charge on any atom is -0.492 e. The van der Waals surface area contributed by atoms with Crippen LogP contribution in [-0.4, -0.2) is 72.5 Å². The molecule has 2 fully saturated rings. The number of benzene rings is 2. The molecule has 2 aromatic carbocycles. The van der Waals surface area contributed by atoms with Crippen molar-refractivity contribution in [2.75, 3.05) is 45.9 Å².